The maximum Gasteiger partial charge on any atom is 0.408 e. The van der Waals surface area contributed by atoms with Crippen molar-refractivity contribution in [1.82, 2.24) is 35.6 Å². The number of alkyl carbamates (subject to hydrolysis) is 1. The third kappa shape index (κ3) is 8.85. The number of aromatic nitrogens is 4. The zero-order valence-electron chi connectivity index (χ0n) is 32.1. The molecule has 2 unspecified atom stereocenters. The molecule has 6 atom stereocenters. The number of methoxy groups -OCH3 is 1. The summed E-state index contributed by atoms with van der Waals surface area (Å²) in [5.41, 5.74) is -1.95. The highest BCUT2D eigenvalue weighted by atomic mass is 32.2. The van der Waals surface area contributed by atoms with Crippen LogP contribution in [0.3, 0.4) is 0 Å². The summed E-state index contributed by atoms with van der Waals surface area (Å²) in [6.45, 7) is 9.12. The number of amides is 3. The molecule has 17 nitrogen and oxygen atoms in total. The number of carbonyl (C=O) groups excluding carboxylic acids is 4. The van der Waals surface area contributed by atoms with Crippen LogP contribution in [0.15, 0.2) is 66.1 Å². The number of hydrogen-bond donors (Lipinski definition) is 4. The third-order valence-corrected chi connectivity index (χ3v) is 12.4. The second-order valence-corrected chi connectivity index (χ2v) is 17.6. The van der Waals surface area contributed by atoms with E-state index in [0.29, 0.717) is 17.1 Å². The van der Waals surface area contributed by atoms with Gasteiger partial charge in [-0.05, 0) is 110 Å². The van der Waals surface area contributed by atoms with Gasteiger partial charge in [0.15, 0.2) is 5.78 Å². The second kappa shape index (κ2) is 16.1. The average Bonchev–Trinajstić information content (AvgIpc) is 3.45. The van der Waals surface area contributed by atoms with Gasteiger partial charge < -0.3 is 25.2 Å². The number of nitrogens with zero attached hydrogens (tertiary/aromatic N) is 4. The van der Waals surface area contributed by atoms with Crippen LogP contribution in [0.5, 0.6) is 5.75 Å². The van der Waals surface area contributed by atoms with Gasteiger partial charge in [0.05, 0.1) is 29.7 Å². The van der Waals surface area contributed by atoms with Crippen LogP contribution >= 0.6 is 0 Å². The Hall–Kier alpha value is -5.65. The summed E-state index contributed by atoms with van der Waals surface area (Å²) < 4.78 is 39.4. The molecule has 57 heavy (non-hydrogen) atoms. The fraction of sp³-hybridized carbons (Fsp3) is 0.487. The molecule has 3 amide bonds. The summed E-state index contributed by atoms with van der Waals surface area (Å²) in [7, 11) is -2.94. The number of benzene rings is 2. The van der Waals surface area contributed by atoms with Crippen molar-refractivity contribution in [3.8, 4) is 17.1 Å². The number of Topliss-reactive ketones (excluding diaryl/α,β-unsaturated/α-hetero) is 1. The van der Waals surface area contributed by atoms with Gasteiger partial charge in [0.25, 0.3) is 15.9 Å². The number of carboxylic acids is 1. The van der Waals surface area contributed by atoms with E-state index in [0.717, 1.165) is 43.5 Å². The zero-order valence-corrected chi connectivity index (χ0v) is 33.0. The van der Waals surface area contributed by atoms with Gasteiger partial charge in [-0.1, -0.05) is 26.8 Å². The van der Waals surface area contributed by atoms with Gasteiger partial charge >= 0.3 is 12.1 Å². The van der Waals surface area contributed by atoms with Crippen LogP contribution in [0.25, 0.3) is 11.4 Å². The second-order valence-electron chi connectivity index (χ2n) is 16.0. The van der Waals surface area contributed by atoms with Gasteiger partial charge in [0, 0.05) is 17.4 Å². The monoisotopic (exact) mass is 805 g/mol. The fourth-order valence-corrected chi connectivity index (χ4v) is 8.46. The minimum atomic E-state index is -4.49. The van der Waals surface area contributed by atoms with Crippen molar-refractivity contribution in [1.29, 1.82) is 0 Å². The SMILES string of the molecule is C=CC[C@@H]1C[C@@]1(NC(=O)[C@@H]1C[C@@H](n2nnc(-c3ccc(OC)cc3)n2)CC1C(=O)C(NC(=O)OC1CCC1)C(C)(C)C)C(=O)NS(=O)(=O)c1ccc(C(=O)O)cc1. The summed E-state index contributed by atoms with van der Waals surface area (Å²) in [6, 6.07) is 9.70. The van der Waals surface area contributed by atoms with Crippen LogP contribution in [-0.4, -0.2) is 88.2 Å². The first-order chi connectivity index (χ1) is 26.9. The number of sulfonamides is 1. The van der Waals surface area contributed by atoms with Crippen LogP contribution in [0.4, 0.5) is 4.79 Å². The van der Waals surface area contributed by atoms with E-state index < -0.39 is 80.5 Å². The number of nitrogens with one attached hydrogen (secondary N) is 3. The van der Waals surface area contributed by atoms with Gasteiger partial charge in [-0.25, -0.2) is 22.7 Å². The lowest BCUT2D eigenvalue weighted by Gasteiger charge is -2.34. The number of carbonyl (C=O) groups is 5. The molecule has 3 saturated carbocycles. The normalized spacial score (nSPS) is 23.6. The molecule has 2 aromatic carbocycles. The maximum atomic E-state index is 14.6. The van der Waals surface area contributed by atoms with Crippen LogP contribution in [0.1, 0.15) is 82.1 Å². The van der Waals surface area contributed by atoms with Gasteiger partial charge in [0.1, 0.15) is 17.4 Å². The predicted molar refractivity (Wildman–Crippen MR) is 203 cm³/mol. The first-order valence-corrected chi connectivity index (χ1v) is 20.2. The van der Waals surface area contributed by atoms with E-state index in [2.05, 4.69) is 37.3 Å². The minimum Gasteiger partial charge on any atom is -0.497 e. The smallest absolute Gasteiger partial charge is 0.408 e. The quantitative estimate of drug-likeness (QED) is 0.160. The minimum absolute atomic E-state index is 0.0576. The number of aromatic carboxylic acids is 1. The molecule has 0 radical (unpaired) electrons. The molecule has 6 rings (SSSR count). The van der Waals surface area contributed by atoms with Crippen molar-refractivity contribution in [2.24, 2.45) is 23.2 Å². The van der Waals surface area contributed by atoms with Gasteiger partial charge in [0.2, 0.25) is 11.7 Å². The average molecular weight is 806 g/mol. The lowest BCUT2D eigenvalue weighted by atomic mass is 9.77. The van der Waals surface area contributed by atoms with E-state index in [9.17, 15) is 37.5 Å². The van der Waals surface area contributed by atoms with Crippen LogP contribution in [0, 0.1) is 23.2 Å². The molecule has 3 aliphatic rings. The first-order valence-electron chi connectivity index (χ1n) is 18.7. The molecule has 1 aromatic heterocycles. The molecular weight excluding hydrogens is 759 g/mol. The van der Waals surface area contributed by atoms with Crippen LogP contribution in [-0.2, 0) is 29.1 Å². The molecular formula is C39H47N7O10S. The van der Waals surface area contributed by atoms with Crippen molar-refractivity contribution in [3.05, 3.63) is 66.7 Å². The summed E-state index contributed by atoms with van der Waals surface area (Å²) in [6.07, 6.45) is 3.52. The van der Waals surface area contributed by atoms with Gasteiger partial charge in [-0.2, -0.15) is 4.80 Å². The lowest BCUT2D eigenvalue weighted by molar-refractivity contribution is -0.137. The summed E-state index contributed by atoms with van der Waals surface area (Å²) in [4.78, 5) is 68.3. The van der Waals surface area contributed by atoms with E-state index in [-0.39, 0.29) is 42.2 Å². The number of allylic oxidation sites excluding steroid dienone is 1. The van der Waals surface area contributed by atoms with E-state index in [1.807, 2.05) is 0 Å². The molecule has 3 fully saturated rings. The van der Waals surface area contributed by atoms with Crippen molar-refractivity contribution in [2.45, 2.75) is 94.3 Å². The molecule has 0 aliphatic heterocycles. The highest BCUT2D eigenvalue weighted by molar-refractivity contribution is 7.90. The Kier molecular flexibility index (Phi) is 11.6. The van der Waals surface area contributed by atoms with Crippen LogP contribution in [0.2, 0.25) is 0 Å². The highest BCUT2D eigenvalue weighted by Gasteiger charge is 2.62. The number of rotatable bonds is 15. The number of tetrazole rings is 1. The van der Waals surface area contributed by atoms with Crippen molar-refractivity contribution in [2.75, 3.05) is 7.11 Å². The Morgan fingerprint density at radius 2 is 1.70 bits per heavy atom. The Morgan fingerprint density at radius 3 is 2.28 bits per heavy atom. The Bertz CT molecular complexity index is 2150. The van der Waals surface area contributed by atoms with Gasteiger partial charge in [-0.15, -0.1) is 16.8 Å². The summed E-state index contributed by atoms with van der Waals surface area (Å²) >= 11 is 0. The largest absolute Gasteiger partial charge is 0.497 e. The molecule has 3 aromatic rings. The number of hydrogen-bond acceptors (Lipinski definition) is 12. The fourth-order valence-electron chi connectivity index (χ4n) is 7.42. The highest BCUT2D eigenvalue weighted by Crippen LogP contribution is 2.48. The standard InChI is InChI=1S/C39H47N7O10S/c1-6-8-24-21-39(24,36(51)44-57(53,54)28-17-13-23(14-18-28)35(49)50)41-34(48)30-20-25(46-43-33(42-45-46)22-11-15-26(55-5)16-12-22)19-29(30)31(47)32(38(2,3)4)40-37(52)56-27-9-7-10-27/h6,11-18,24-25,27,29-30,32H,1,7-10,19-21H2,2-5H3,(H,40,52)(H,41,48)(H,44,51)(H,49,50)/t24-,25+,29?,30-,32?,39+/m1/s1. The third-order valence-electron chi connectivity index (χ3n) is 11.0. The molecule has 304 valence electrons. The van der Waals surface area contributed by atoms with Crippen molar-refractivity contribution < 1.29 is 47.0 Å². The molecule has 0 saturated heterocycles. The van der Waals surface area contributed by atoms with Gasteiger partial charge in [-0.3, -0.25) is 14.4 Å². The summed E-state index contributed by atoms with van der Waals surface area (Å²) in [5.74, 6) is -4.94. The number of carboxylic acid groups (broad SMARTS) is 1. The zero-order chi connectivity index (χ0) is 41.3. The molecule has 0 bridgehead atoms. The lowest BCUT2D eigenvalue weighted by Crippen LogP contribution is -2.55. The molecule has 4 N–H and O–H groups in total. The molecule has 1 heterocycles. The number of ether oxygens (including phenoxy) is 2. The maximum absolute atomic E-state index is 14.6. The molecule has 0 spiro atoms. The topological polar surface area (TPSA) is 238 Å². The first kappa shape index (κ1) is 41.0. The van der Waals surface area contributed by atoms with Crippen molar-refractivity contribution >= 4 is 39.7 Å². The Balaban J connectivity index is 1.28. The Morgan fingerprint density at radius 1 is 1.04 bits per heavy atom. The summed E-state index contributed by atoms with van der Waals surface area (Å²) in [5, 5.41) is 27.8. The van der Waals surface area contributed by atoms with Crippen molar-refractivity contribution in [3.63, 3.8) is 0 Å². The number of ketones is 1. The van der Waals surface area contributed by atoms with E-state index in [1.54, 1.807) is 58.2 Å². The van der Waals surface area contributed by atoms with Crippen LogP contribution < -0.4 is 20.1 Å². The van der Waals surface area contributed by atoms with E-state index >= 15 is 0 Å². The molecule has 3 aliphatic carbocycles. The Labute approximate surface area is 330 Å². The molecule has 18 heteroatoms. The van der Waals surface area contributed by atoms with E-state index in [4.69, 9.17) is 9.47 Å². The predicted octanol–water partition coefficient (Wildman–Crippen LogP) is 3.83. The van der Waals surface area contributed by atoms with E-state index in [1.165, 1.54) is 4.80 Å².